The monoisotopic (exact) mass is 374 g/mol. The summed E-state index contributed by atoms with van der Waals surface area (Å²) in [6.07, 6.45) is -0.425. The topological polar surface area (TPSA) is 77.0 Å². The average Bonchev–Trinajstić information content (AvgIpc) is 2.61. The third-order valence-corrected chi connectivity index (χ3v) is 3.51. The summed E-state index contributed by atoms with van der Waals surface area (Å²) >= 11 is 0. The number of aryl methyl sites for hydroxylation is 1. The Morgan fingerprint density at radius 1 is 1.15 bits per heavy atom. The normalized spacial score (nSPS) is 11.1. The first-order valence-electron chi connectivity index (χ1n) is 7.73. The maximum Gasteiger partial charge on any atom is 0.574 e. The first-order chi connectivity index (χ1) is 12.8. The number of hydrogen-bond donors (Lipinski definition) is 1. The number of ether oxygens (including phenoxy) is 1. The Kier molecular flexibility index (Phi) is 5.02. The average molecular weight is 374 g/mol. The van der Waals surface area contributed by atoms with E-state index in [1.165, 1.54) is 18.5 Å². The van der Waals surface area contributed by atoms with Gasteiger partial charge in [0.2, 0.25) is 5.88 Å². The number of pyridine rings is 3. The highest BCUT2D eigenvalue weighted by molar-refractivity contribution is 6.03. The molecule has 3 heterocycles. The number of hydrogen-bond acceptors (Lipinski definition) is 5. The molecule has 138 valence electrons. The molecule has 0 bridgehead atoms. The van der Waals surface area contributed by atoms with E-state index in [-0.39, 0.29) is 11.5 Å². The lowest BCUT2D eigenvalue weighted by molar-refractivity contribution is -0.276. The van der Waals surface area contributed by atoms with Crippen LogP contribution < -0.4 is 10.1 Å². The van der Waals surface area contributed by atoms with Crippen molar-refractivity contribution in [1.82, 2.24) is 15.0 Å². The van der Waals surface area contributed by atoms with Gasteiger partial charge in [-0.2, -0.15) is 0 Å². The van der Waals surface area contributed by atoms with Gasteiger partial charge in [-0.15, -0.1) is 13.2 Å². The number of anilines is 1. The molecule has 0 radical (unpaired) electrons. The van der Waals surface area contributed by atoms with Crippen molar-refractivity contribution in [2.75, 3.05) is 5.32 Å². The van der Waals surface area contributed by atoms with Crippen LogP contribution >= 0.6 is 0 Å². The van der Waals surface area contributed by atoms with Gasteiger partial charge in [-0.3, -0.25) is 9.78 Å². The van der Waals surface area contributed by atoms with Gasteiger partial charge in [-0.25, -0.2) is 9.97 Å². The number of rotatable bonds is 4. The second-order valence-corrected chi connectivity index (χ2v) is 5.49. The van der Waals surface area contributed by atoms with E-state index >= 15 is 0 Å². The second kappa shape index (κ2) is 7.40. The number of alkyl halides is 3. The Balaban J connectivity index is 2.02. The lowest BCUT2D eigenvalue weighted by Gasteiger charge is -2.12. The molecule has 1 amide bonds. The molecule has 0 aliphatic carbocycles. The molecule has 0 spiro atoms. The van der Waals surface area contributed by atoms with Gasteiger partial charge in [0, 0.05) is 30.2 Å². The summed E-state index contributed by atoms with van der Waals surface area (Å²) in [4.78, 5) is 24.0. The molecule has 0 unspecified atom stereocenters. The van der Waals surface area contributed by atoms with Crippen molar-refractivity contribution < 1.29 is 22.7 Å². The van der Waals surface area contributed by atoms with Crippen molar-refractivity contribution in [2.45, 2.75) is 13.3 Å². The van der Waals surface area contributed by atoms with E-state index in [1.54, 1.807) is 37.4 Å². The lowest BCUT2D eigenvalue weighted by atomic mass is 10.0. The number of halogens is 3. The molecule has 6 nitrogen and oxygen atoms in total. The molecule has 3 aromatic heterocycles. The minimum atomic E-state index is -4.94. The number of aromatic nitrogens is 3. The molecule has 0 saturated carbocycles. The Labute approximate surface area is 152 Å². The molecule has 1 N–H and O–H groups in total. The zero-order valence-corrected chi connectivity index (χ0v) is 14.0. The third-order valence-electron chi connectivity index (χ3n) is 3.51. The van der Waals surface area contributed by atoms with Crippen LogP contribution in [-0.2, 0) is 0 Å². The molecule has 3 rings (SSSR count). The van der Waals surface area contributed by atoms with Gasteiger partial charge < -0.3 is 10.1 Å². The molecule has 27 heavy (non-hydrogen) atoms. The SMILES string of the molecule is Cc1ccncc1-c1cc(OC(F)(F)F)nc(C(=O)Nc2ccccn2)c1. The highest BCUT2D eigenvalue weighted by Gasteiger charge is 2.32. The van der Waals surface area contributed by atoms with Gasteiger partial charge in [0.05, 0.1) is 0 Å². The molecule has 9 heteroatoms. The fraction of sp³-hybridized carbons (Fsp3) is 0.111. The van der Waals surface area contributed by atoms with E-state index in [0.29, 0.717) is 11.1 Å². The van der Waals surface area contributed by atoms with Crippen molar-refractivity contribution in [3.05, 3.63) is 66.2 Å². The van der Waals surface area contributed by atoms with Crippen LogP contribution in [0.2, 0.25) is 0 Å². The molecule has 0 aromatic carbocycles. The Hall–Kier alpha value is -3.49. The largest absolute Gasteiger partial charge is 0.574 e. The van der Waals surface area contributed by atoms with Crippen molar-refractivity contribution in [2.24, 2.45) is 0 Å². The first kappa shape index (κ1) is 18.3. The third kappa shape index (κ3) is 4.78. The maximum absolute atomic E-state index is 12.6. The van der Waals surface area contributed by atoms with E-state index in [2.05, 4.69) is 25.0 Å². The van der Waals surface area contributed by atoms with E-state index in [9.17, 15) is 18.0 Å². The van der Waals surface area contributed by atoms with Crippen LogP contribution in [0.5, 0.6) is 5.88 Å². The van der Waals surface area contributed by atoms with Crippen LogP contribution in [-0.4, -0.2) is 27.2 Å². The van der Waals surface area contributed by atoms with Crippen molar-refractivity contribution in [3.8, 4) is 17.0 Å². The fourth-order valence-electron chi connectivity index (χ4n) is 2.33. The van der Waals surface area contributed by atoms with Crippen molar-refractivity contribution in [3.63, 3.8) is 0 Å². The minimum absolute atomic E-state index is 0.241. The predicted molar refractivity (Wildman–Crippen MR) is 91.1 cm³/mol. The summed E-state index contributed by atoms with van der Waals surface area (Å²) in [6, 6.07) is 9.03. The van der Waals surface area contributed by atoms with Gasteiger partial charge in [0.15, 0.2) is 0 Å². The standard InChI is InChI=1S/C18H13F3N4O2/c1-11-5-7-22-10-13(11)12-8-14(24-16(9-12)27-18(19,20)21)17(26)25-15-4-2-3-6-23-15/h2-10H,1H3,(H,23,25,26). The van der Waals surface area contributed by atoms with Crippen molar-refractivity contribution in [1.29, 1.82) is 0 Å². The summed E-state index contributed by atoms with van der Waals surface area (Å²) in [5.74, 6) is -1.22. The maximum atomic E-state index is 12.6. The minimum Gasteiger partial charge on any atom is -0.388 e. The smallest absolute Gasteiger partial charge is 0.388 e. The number of nitrogens with one attached hydrogen (secondary N) is 1. The number of carbonyl (C=O) groups is 1. The summed E-state index contributed by atoms with van der Waals surface area (Å²) in [6.45, 7) is 1.77. The molecule has 0 aliphatic heterocycles. The van der Waals surface area contributed by atoms with Crippen LogP contribution in [0.4, 0.5) is 19.0 Å². The zero-order chi connectivity index (χ0) is 19.4. The van der Waals surface area contributed by atoms with Crippen LogP contribution in [0.1, 0.15) is 16.1 Å². The van der Waals surface area contributed by atoms with E-state index in [4.69, 9.17) is 0 Å². The van der Waals surface area contributed by atoms with Gasteiger partial charge in [-0.1, -0.05) is 6.07 Å². The highest BCUT2D eigenvalue weighted by Crippen LogP contribution is 2.29. The highest BCUT2D eigenvalue weighted by atomic mass is 19.4. The summed E-state index contributed by atoms with van der Waals surface area (Å²) in [7, 11) is 0. The van der Waals surface area contributed by atoms with Gasteiger partial charge >= 0.3 is 6.36 Å². The van der Waals surface area contributed by atoms with Gasteiger partial charge in [0.1, 0.15) is 11.5 Å². The van der Waals surface area contributed by atoms with Crippen LogP contribution in [0.15, 0.2) is 55.0 Å². The molecular formula is C18H13F3N4O2. The Morgan fingerprint density at radius 3 is 2.63 bits per heavy atom. The number of nitrogens with zero attached hydrogens (tertiary/aromatic N) is 3. The van der Waals surface area contributed by atoms with Crippen LogP contribution in [0, 0.1) is 6.92 Å². The summed E-state index contributed by atoms with van der Waals surface area (Å²) in [5.41, 5.74) is 1.39. The zero-order valence-electron chi connectivity index (χ0n) is 14.0. The van der Waals surface area contributed by atoms with Crippen LogP contribution in [0.25, 0.3) is 11.1 Å². The van der Waals surface area contributed by atoms with Crippen molar-refractivity contribution >= 4 is 11.7 Å². The molecular weight excluding hydrogens is 361 g/mol. The Morgan fingerprint density at radius 2 is 1.96 bits per heavy atom. The van der Waals surface area contributed by atoms with Gasteiger partial charge in [-0.05, 0) is 42.3 Å². The molecule has 0 aliphatic rings. The molecule has 0 saturated heterocycles. The summed E-state index contributed by atoms with van der Waals surface area (Å²) < 4.78 is 41.9. The molecule has 3 aromatic rings. The summed E-state index contributed by atoms with van der Waals surface area (Å²) in [5, 5.41) is 2.48. The van der Waals surface area contributed by atoms with Gasteiger partial charge in [0.25, 0.3) is 5.91 Å². The van der Waals surface area contributed by atoms with E-state index < -0.39 is 18.1 Å². The predicted octanol–water partition coefficient (Wildman–Crippen LogP) is 4.00. The van der Waals surface area contributed by atoms with E-state index in [1.807, 2.05) is 0 Å². The molecule has 0 atom stereocenters. The number of carbonyl (C=O) groups excluding carboxylic acids is 1. The number of amides is 1. The Bertz CT molecular complexity index is 962. The lowest BCUT2D eigenvalue weighted by Crippen LogP contribution is -2.20. The second-order valence-electron chi connectivity index (χ2n) is 5.49. The molecule has 0 fully saturated rings. The fourth-order valence-corrected chi connectivity index (χ4v) is 2.33. The van der Waals surface area contributed by atoms with Crippen LogP contribution in [0.3, 0.4) is 0 Å². The first-order valence-corrected chi connectivity index (χ1v) is 7.73. The quantitative estimate of drug-likeness (QED) is 0.747. The van der Waals surface area contributed by atoms with E-state index in [0.717, 1.165) is 11.6 Å².